The van der Waals surface area contributed by atoms with E-state index >= 15 is 0 Å². The summed E-state index contributed by atoms with van der Waals surface area (Å²) < 4.78 is 0. The summed E-state index contributed by atoms with van der Waals surface area (Å²) >= 11 is 0. The Morgan fingerprint density at radius 1 is 0.897 bits per heavy atom. The normalized spacial score (nSPS) is 16.8. The van der Waals surface area contributed by atoms with Crippen LogP contribution in [0.1, 0.15) is 30.3 Å². The number of hydrogen-bond acceptors (Lipinski definition) is 6. The van der Waals surface area contributed by atoms with Gasteiger partial charge in [0.1, 0.15) is 5.69 Å². The largest absolute Gasteiger partial charge is 0.372 e. The molecule has 4 rings (SSSR count). The molecular formula is C21H26N6O2. The highest BCUT2D eigenvalue weighted by Crippen LogP contribution is 2.23. The summed E-state index contributed by atoms with van der Waals surface area (Å²) in [5.41, 5.74) is 2.46. The average Bonchev–Trinajstić information content (AvgIpc) is 3.29. The number of nitrogens with zero attached hydrogens (tertiary/aromatic N) is 5. The number of benzene rings is 1. The van der Waals surface area contributed by atoms with E-state index in [9.17, 15) is 9.59 Å². The molecule has 2 saturated heterocycles. The van der Waals surface area contributed by atoms with Crippen molar-refractivity contribution in [3.63, 3.8) is 0 Å². The Balaban J connectivity index is 1.39. The predicted octanol–water partition coefficient (Wildman–Crippen LogP) is 2.12. The molecule has 8 heteroatoms. The molecule has 1 aromatic heterocycles. The smallest absolute Gasteiger partial charge is 0.272 e. The minimum Gasteiger partial charge on any atom is -0.372 e. The van der Waals surface area contributed by atoms with Gasteiger partial charge < -0.3 is 20.0 Å². The van der Waals surface area contributed by atoms with Crippen LogP contribution < -0.4 is 10.2 Å². The summed E-state index contributed by atoms with van der Waals surface area (Å²) in [4.78, 5) is 38.7. The zero-order valence-corrected chi connectivity index (χ0v) is 16.7. The first kappa shape index (κ1) is 19.2. The Morgan fingerprint density at radius 2 is 1.55 bits per heavy atom. The molecule has 1 N–H and O–H groups in total. The van der Waals surface area contributed by atoms with E-state index in [1.54, 1.807) is 29.0 Å². The highest BCUT2D eigenvalue weighted by molar-refractivity contribution is 5.92. The maximum Gasteiger partial charge on any atom is 0.272 e. The Bertz CT molecular complexity index is 871. The molecular weight excluding hydrogens is 368 g/mol. The van der Waals surface area contributed by atoms with Crippen molar-refractivity contribution in [1.29, 1.82) is 0 Å². The Hall–Kier alpha value is -3.16. The van der Waals surface area contributed by atoms with Crippen LogP contribution in [0.2, 0.25) is 0 Å². The topological polar surface area (TPSA) is 81.7 Å². The first-order valence-electron chi connectivity index (χ1n) is 10.1. The zero-order chi connectivity index (χ0) is 20.2. The van der Waals surface area contributed by atoms with Gasteiger partial charge in [0.15, 0.2) is 0 Å². The van der Waals surface area contributed by atoms with E-state index < -0.39 is 0 Å². The van der Waals surface area contributed by atoms with Crippen molar-refractivity contribution in [1.82, 2.24) is 19.8 Å². The molecule has 29 heavy (non-hydrogen) atoms. The third kappa shape index (κ3) is 4.47. The summed E-state index contributed by atoms with van der Waals surface area (Å²) in [5, 5.41) is 3.18. The molecule has 0 saturated carbocycles. The van der Waals surface area contributed by atoms with Gasteiger partial charge in [0.05, 0.1) is 0 Å². The Kier molecular flexibility index (Phi) is 5.59. The lowest BCUT2D eigenvalue weighted by Gasteiger charge is -2.34. The molecule has 152 valence electrons. The third-order valence-electron chi connectivity index (χ3n) is 5.48. The van der Waals surface area contributed by atoms with Crippen molar-refractivity contribution in [3.8, 4) is 0 Å². The second-order valence-electron chi connectivity index (χ2n) is 7.43. The fourth-order valence-electron chi connectivity index (χ4n) is 3.78. The molecule has 8 nitrogen and oxygen atoms in total. The van der Waals surface area contributed by atoms with Crippen LogP contribution in [0.3, 0.4) is 0 Å². The lowest BCUT2D eigenvalue weighted by atomic mass is 10.2. The molecule has 2 fully saturated rings. The third-order valence-corrected chi connectivity index (χ3v) is 5.48. The minimum atomic E-state index is -0.136. The van der Waals surface area contributed by atoms with Gasteiger partial charge >= 0.3 is 0 Å². The van der Waals surface area contributed by atoms with E-state index in [1.807, 2.05) is 12.1 Å². The van der Waals surface area contributed by atoms with E-state index in [-0.39, 0.29) is 11.8 Å². The van der Waals surface area contributed by atoms with E-state index in [0.717, 1.165) is 18.8 Å². The van der Waals surface area contributed by atoms with Crippen molar-refractivity contribution < 1.29 is 9.59 Å². The van der Waals surface area contributed by atoms with Gasteiger partial charge in [-0.05, 0) is 43.2 Å². The van der Waals surface area contributed by atoms with Crippen molar-refractivity contribution in [2.75, 3.05) is 49.5 Å². The van der Waals surface area contributed by atoms with Gasteiger partial charge in [-0.1, -0.05) is 0 Å². The fraction of sp³-hybridized carbons (Fsp3) is 0.429. The molecule has 2 aliphatic heterocycles. The van der Waals surface area contributed by atoms with Gasteiger partial charge in [-0.15, -0.1) is 0 Å². The number of rotatable bonds is 4. The maximum atomic E-state index is 12.8. The molecule has 2 aliphatic rings. The number of hydrogen-bond donors (Lipinski definition) is 1. The van der Waals surface area contributed by atoms with Crippen LogP contribution in [0.5, 0.6) is 0 Å². The fourth-order valence-corrected chi connectivity index (χ4v) is 3.78. The van der Waals surface area contributed by atoms with Crippen LogP contribution in [0, 0.1) is 0 Å². The summed E-state index contributed by atoms with van der Waals surface area (Å²) in [6, 6.07) is 9.83. The molecule has 3 heterocycles. The summed E-state index contributed by atoms with van der Waals surface area (Å²) in [7, 11) is 0. The van der Waals surface area contributed by atoms with Gasteiger partial charge in [-0.3, -0.25) is 9.59 Å². The first-order valence-corrected chi connectivity index (χ1v) is 10.1. The second kappa shape index (κ2) is 8.46. The molecule has 2 aromatic rings. The van der Waals surface area contributed by atoms with Crippen molar-refractivity contribution in [3.05, 3.63) is 42.2 Å². The van der Waals surface area contributed by atoms with Crippen molar-refractivity contribution >= 4 is 29.1 Å². The molecule has 0 bridgehead atoms. The molecule has 0 aliphatic carbocycles. The highest BCUT2D eigenvalue weighted by Gasteiger charge is 2.24. The van der Waals surface area contributed by atoms with Crippen molar-refractivity contribution in [2.45, 2.75) is 19.8 Å². The van der Waals surface area contributed by atoms with Crippen LogP contribution in [-0.4, -0.2) is 70.9 Å². The van der Waals surface area contributed by atoms with E-state index in [2.05, 4.69) is 32.3 Å². The molecule has 0 atom stereocenters. The molecule has 0 radical (unpaired) electrons. The number of carbonyl (C=O) groups excluding carboxylic acids is 2. The highest BCUT2D eigenvalue weighted by atomic mass is 16.2. The standard InChI is InChI=1S/C21H26N6O2/c1-16(28)25-12-14-27(15-13-25)20(29)19-8-9-22-21(24-19)23-17-4-6-18(7-5-17)26-10-2-3-11-26/h4-9H,2-3,10-15H2,1H3,(H,22,23,24). The van der Waals surface area contributed by atoms with Crippen LogP contribution in [0.4, 0.5) is 17.3 Å². The molecule has 0 spiro atoms. The number of amides is 2. The van der Waals surface area contributed by atoms with Crippen LogP contribution in [-0.2, 0) is 4.79 Å². The lowest BCUT2D eigenvalue weighted by Crippen LogP contribution is -2.50. The summed E-state index contributed by atoms with van der Waals surface area (Å²) in [6.45, 7) is 5.92. The monoisotopic (exact) mass is 394 g/mol. The zero-order valence-electron chi connectivity index (χ0n) is 16.7. The number of anilines is 3. The van der Waals surface area contributed by atoms with Gasteiger partial charge in [-0.2, -0.15) is 0 Å². The summed E-state index contributed by atoms with van der Waals surface area (Å²) in [6.07, 6.45) is 4.09. The van der Waals surface area contributed by atoms with E-state index in [1.165, 1.54) is 18.5 Å². The number of nitrogens with one attached hydrogen (secondary N) is 1. The number of aromatic nitrogens is 2. The molecule has 1 aromatic carbocycles. The van der Waals surface area contributed by atoms with E-state index in [4.69, 9.17) is 0 Å². The van der Waals surface area contributed by atoms with E-state index in [0.29, 0.717) is 37.8 Å². The van der Waals surface area contributed by atoms with Crippen LogP contribution in [0.15, 0.2) is 36.5 Å². The Labute approximate surface area is 170 Å². The van der Waals surface area contributed by atoms with Gasteiger partial charge in [0, 0.05) is 63.8 Å². The van der Waals surface area contributed by atoms with Crippen molar-refractivity contribution in [2.24, 2.45) is 0 Å². The van der Waals surface area contributed by atoms with Crippen LogP contribution in [0.25, 0.3) is 0 Å². The Morgan fingerprint density at radius 3 is 2.21 bits per heavy atom. The quantitative estimate of drug-likeness (QED) is 0.856. The molecule has 2 amide bonds. The number of piperazine rings is 1. The van der Waals surface area contributed by atoms with Gasteiger partial charge in [-0.25, -0.2) is 9.97 Å². The van der Waals surface area contributed by atoms with Gasteiger partial charge in [0.25, 0.3) is 5.91 Å². The summed E-state index contributed by atoms with van der Waals surface area (Å²) in [5.74, 6) is 0.302. The molecule has 0 unspecified atom stereocenters. The number of carbonyl (C=O) groups is 2. The van der Waals surface area contributed by atoms with Crippen LogP contribution >= 0.6 is 0 Å². The average molecular weight is 394 g/mol. The first-order chi connectivity index (χ1) is 14.1. The SMILES string of the molecule is CC(=O)N1CCN(C(=O)c2ccnc(Nc3ccc(N4CCCC4)cc3)n2)CC1. The minimum absolute atomic E-state index is 0.0429. The lowest BCUT2D eigenvalue weighted by molar-refractivity contribution is -0.130. The van der Waals surface area contributed by atoms with Gasteiger partial charge in [0.2, 0.25) is 11.9 Å². The maximum absolute atomic E-state index is 12.8. The predicted molar refractivity (Wildman–Crippen MR) is 111 cm³/mol. The second-order valence-corrected chi connectivity index (χ2v) is 7.43.